The van der Waals surface area contributed by atoms with E-state index in [2.05, 4.69) is 10.3 Å². The number of hydrogen-bond donors (Lipinski definition) is 2. The zero-order chi connectivity index (χ0) is 26.9. The van der Waals surface area contributed by atoms with Crippen molar-refractivity contribution >= 4 is 28.8 Å². The number of halogens is 3. The number of amides is 2. The van der Waals surface area contributed by atoms with E-state index in [1.807, 2.05) is 4.90 Å². The van der Waals surface area contributed by atoms with E-state index < -0.39 is 23.7 Å². The number of piperidine rings is 2. The normalized spacial score (nSPS) is 17.6. The van der Waals surface area contributed by atoms with Crippen LogP contribution in [0.3, 0.4) is 0 Å². The number of carboxylic acid groups (broad SMARTS) is 1. The summed E-state index contributed by atoms with van der Waals surface area (Å²) in [6.45, 7) is 2.02. The summed E-state index contributed by atoms with van der Waals surface area (Å²) in [6.07, 6.45) is -2.94. The number of likely N-dealkylation sites (tertiary alicyclic amines) is 1. The second-order valence-electron chi connectivity index (χ2n) is 9.51. The molecular formula is C26H27F3N4O5. The maximum atomic E-state index is 12.8. The van der Waals surface area contributed by atoms with E-state index in [9.17, 15) is 22.8 Å². The van der Waals surface area contributed by atoms with Crippen molar-refractivity contribution < 1.29 is 37.0 Å². The maximum Gasteiger partial charge on any atom is 0.416 e. The lowest BCUT2D eigenvalue weighted by molar-refractivity contribution is -0.137. The number of fused-ring (bicyclic) bond motifs is 1. The van der Waals surface area contributed by atoms with Crippen LogP contribution in [0, 0.1) is 0 Å². The second kappa shape index (κ2) is 10.4. The van der Waals surface area contributed by atoms with Crippen molar-refractivity contribution in [2.45, 2.75) is 44.0 Å². The smallest absolute Gasteiger partial charge is 0.416 e. The lowest BCUT2D eigenvalue weighted by Gasteiger charge is -2.33. The summed E-state index contributed by atoms with van der Waals surface area (Å²) in [5.74, 6) is 0.0605. The lowest BCUT2D eigenvalue weighted by Crippen LogP contribution is -2.46. The molecule has 0 atom stereocenters. The molecule has 0 spiro atoms. The molecule has 5 rings (SSSR count). The SMILES string of the molecule is O=C(NC1CCN(C(=O)O)CC1)c1nc2ccc(OC3CCN(c4ccc(C(F)(F)F)cc4)CC3)cc2o1. The van der Waals surface area contributed by atoms with Gasteiger partial charge in [-0.25, -0.2) is 9.78 Å². The summed E-state index contributed by atoms with van der Waals surface area (Å²) >= 11 is 0. The molecule has 2 saturated heterocycles. The van der Waals surface area contributed by atoms with Crippen LogP contribution in [0.4, 0.5) is 23.7 Å². The fraction of sp³-hybridized carbons (Fsp3) is 0.423. The van der Waals surface area contributed by atoms with Crippen molar-refractivity contribution in [2.24, 2.45) is 0 Å². The van der Waals surface area contributed by atoms with E-state index in [0.29, 0.717) is 68.7 Å². The lowest BCUT2D eigenvalue weighted by atomic mass is 10.1. The third-order valence-corrected chi connectivity index (χ3v) is 6.96. The molecule has 12 heteroatoms. The molecule has 9 nitrogen and oxygen atoms in total. The van der Waals surface area contributed by atoms with Gasteiger partial charge in [0.15, 0.2) is 5.58 Å². The minimum Gasteiger partial charge on any atom is -0.490 e. The Morgan fingerprint density at radius 1 is 1.00 bits per heavy atom. The molecule has 0 saturated carbocycles. The molecule has 2 aliphatic heterocycles. The second-order valence-corrected chi connectivity index (χ2v) is 9.51. The van der Waals surface area contributed by atoms with E-state index in [1.165, 1.54) is 17.0 Å². The summed E-state index contributed by atoms with van der Waals surface area (Å²) in [6, 6.07) is 10.2. The number of nitrogens with one attached hydrogen (secondary N) is 1. The molecule has 0 unspecified atom stereocenters. The molecule has 0 radical (unpaired) electrons. The Morgan fingerprint density at radius 2 is 1.68 bits per heavy atom. The van der Waals surface area contributed by atoms with Gasteiger partial charge in [-0.05, 0) is 49.2 Å². The number of anilines is 1. The van der Waals surface area contributed by atoms with Crippen LogP contribution in [-0.2, 0) is 6.18 Å². The fourth-order valence-corrected chi connectivity index (χ4v) is 4.82. The molecule has 0 aliphatic carbocycles. The Labute approximate surface area is 216 Å². The van der Waals surface area contributed by atoms with Crippen LogP contribution in [0.2, 0.25) is 0 Å². The van der Waals surface area contributed by atoms with E-state index in [0.717, 1.165) is 17.8 Å². The topological polar surface area (TPSA) is 108 Å². The molecule has 2 aliphatic rings. The van der Waals surface area contributed by atoms with E-state index >= 15 is 0 Å². The highest BCUT2D eigenvalue weighted by Gasteiger charge is 2.30. The van der Waals surface area contributed by atoms with Gasteiger partial charge in [0.1, 0.15) is 17.4 Å². The summed E-state index contributed by atoms with van der Waals surface area (Å²) in [7, 11) is 0. The first-order valence-electron chi connectivity index (χ1n) is 12.4. The number of rotatable bonds is 5. The predicted octanol–water partition coefficient (Wildman–Crippen LogP) is 4.77. The Bertz CT molecular complexity index is 1290. The van der Waals surface area contributed by atoms with Crippen molar-refractivity contribution in [3.8, 4) is 5.75 Å². The maximum absolute atomic E-state index is 12.8. The molecule has 38 heavy (non-hydrogen) atoms. The highest BCUT2D eigenvalue weighted by Crippen LogP contribution is 2.32. The third kappa shape index (κ3) is 5.79. The first-order chi connectivity index (χ1) is 18.2. The van der Waals surface area contributed by atoms with Gasteiger partial charge in [0.05, 0.1) is 5.56 Å². The summed E-state index contributed by atoms with van der Waals surface area (Å²) in [4.78, 5) is 31.3. The molecule has 2 amide bonds. The standard InChI is InChI=1S/C26H27F3N4O5/c27-26(28,29)16-1-3-18(4-2-16)32-13-9-19(10-14-32)37-20-5-6-21-22(15-20)38-24(31-21)23(34)30-17-7-11-33(12-8-17)25(35)36/h1-6,15,17,19H,7-14H2,(H,30,34)(H,35,36). The zero-order valence-corrected chi connectivity index (χ0v) is 20.4. The van der Waals surface area contributed by atoms with Gasteiger partial charge in [-0.2, -0.15) is 13.2 Å². The fourth-order valence-electron chi connectivity index (χ4n) is 4.82. The summed E-state index contributed by atoms with van der Waals surface area (Å²) < 4.78 is 50.2. The quantitative estimate of drug-likeness (QED) is 0.488. The van der Waals surface area contributed by atoms with Crippen molar-refractivity contribution in [1.29, 1.82) is 0 Å². The molecule has 3 heterocycles. The number of benzene rings is 2. The zero-order valence-electron chi connectivity index (χ0n) is 20.4. The van der Waals surface area contributed by atoms with Crippen LogP contribution in [0.25, 0.3) is 11.1 Å². The number of carbonyl (C=O) groups excluding carboxylic acids is 1. The molecule has 1 aromatic heterocycles. The van der Waals surface area contributed by atoms with Gasteiger partial charge >= 0.3 is 18.2 Å². The number of aromatic nitrogens is 1. The van der Waals surface area contributed by atoms with Crippen LogP contribution < -0.4 is 15.0 Å². The van der Waals surface area contributed by atoms with Crippen molar-refractivity contribution in [2.75, 3.05) is 31.1 Å². The number of ether oxygens (including phenoxy) is 1. The van der Waals surface area contributed by atoms with Crippen LogP contribution >= 0.6 is 0 Å². The number of nitrogens with zero attached hydrogens (tertiary/aromatic N) is 3. The molecule has 3 aromatic rings. The first-order valence-corrected chi connectivity index (χ1v) is 12.4. The predicted molar refractivity (Wildman–Crippen MR) is 131 cm³/mol. The average Bonchev–Trinajstić information content (AvgIpc) is 3.33. The van der Waals surface area contributed by atoms with E-state index in [-0.39, 0.29) is 18.0 Å². The molecule has 202 valence electrons. The molecule has 0 bridgehead atoms. The van der Waals surface area contributed by atoms with Gasteiger partial charge in [0.25, 0.3) is 5.89 Å². The monoisotopic (exact) mass is 532 g/mol. The Hall–Kier alpha value is -3.96. The minimum absolute atomic E-state index is 0.0670. The third-order valence-electron chi connectivity index (χ3n) is 6.96. The van der Waals surface area contributed by atoms with Gasteiger partial charge in [0, 0.05) is 56.8 Å². The van der Waals surface area contributed by atoms with Gasteiger partial charge in [0.2, 0.25) is 0 Å². The van der Waals surface area contributed by atoms with Gasteiger partial charge in [-0.1, -0.05) is 0 Å². The highest BCUT2D eigenvalue weighted by atomic mass is 19.4. The number of alkyl halides is 3. The molecular weight excluding hydrogens is 505 g/mol. The Balaban J connectivity index is 1.14. The Morgan fingerprint density at radius 3 is 2.32 bits per heavy atom. The summed E-state index contributed by atoms with van der Waals surface area (Å²) in [5.41, 5.74) is 1.01. The highest BCUT2D eigenvalue weighted by molar-refractivity contribution is 5.92. The van der Waals surface area contributed by atoms with Crippen LogP contribution in [-0.4, -0.2) is 65.3 Å². The number of carbonyl (C=O) groups is 2. The van der Waals surface area contributed by atoms with Crippen LogP contribution in [0.15, 0.2) is 46.9 Å². The average molecular weight is 533 g/mol. The number of hydrogen-bond acceptors (Lipinski definition) is 6. The summed E-state index contributed by atoms with van der Waals surface area (Å²) in [5, 5.41) is 11.9. The minimum atomic E-state index is -4.35. The largest absolute Gasteiger partial charge is 0.490 e. The van der Waals surface area contributed by atoms with Crippen molar-refractivity contribution in [3.05, 3.63) is 53.9 Å². The van der Waals surface area contributed by atoms with Gasteiger partial charge in [-0.3, -0.25) is 4.79 Å². The molecule has 2 aromatic carbocycles. The molecule has 2 N–H and O–H groups in total. The van der Waals surface area contributed by atoms with Crippen LogP contribution in [0.1, 0.15) is 41.9 Å². The van der Waals surface area contributed by atoms with E-state index in [1.54, 1.807) is 18.2 Å². The van der Waals surface area contributed by atoms with Crippen molar-refractivity contribution in [3.63, 3.8) is 0 Å². The molecule has 2 fully saturated rings. The van der Waals surface area contributed by atoms with Crippen LogP contribution in [0.5, 0.6) is 5.75 Å². The van der Waals surface area contributed by atoms with Gasteiger partial charge < -0.3 is 29.4 Å². The van der Waals surface area contributed by atoms with Gasteiger partial charge in [-0.15, -0.1) is 0 Å². The van der Waals surface area contributed by atoms with Crippen molar-refractivity contribution in [1.82, 2.24) is 15.2 Å². The van der Waals surface area contributed by atoms with E-state index in [4.69, 9.17) is 14.3 Å². The number of oxazole rings is 1. The first kappa shape index (κ1) is 25.7. The Kier molecular flexibility index (Phi) is 7.04.